The van der Waals surface area contributed by atoms with Gasteiger partial charge in [-0.15, -0.1) is 0 Å². The fraction of sp³-hybridized carbons (Fsp3) is 0.318. The summed E-state index contributed by atoms with van der Waals surface area (Å²) in [6.45, 7) is 1.42. The maximum absolute atomic E-state index is 14.0. The number of rotatable bonds is 6. The molecule has 1 aliphatic heterocycles. The molecule has 0 radical (unpaired) electrons. The van der Waals surface area contributed by atoms with E-state index in [1.165, 1.54) is 12.1 Å². The van der Waals surface area contributed by atoms with E-state index in [1.807, 2.05) is 18.2 Å². The first kappa shape index (κ1) is 19.4. The number of nitrogens with two attached hydrogens (primary N) is 2. The molecule has 0 saturated heterocycles. The Bertz CT molecular complexity index is 1060. The number of hydrogen-bond acceptors (Lipinski definition) is 4. The second kappa shape index (κ2) is 7.85. The molecule has 6 nitrogen and oxygen atoms in total. The zero-order valence-corrected chi connectivity index (χ0v) is 16.4. The summed E-state index contributed by atoms with van der Waals surface area (Å²) in [5.74, 6) is 0.192. The molecule has 29 heavy (non-hydrogen) atoms. The van der Waals surface area contributed by atoms with Crippen molar-refractivity contribution in [3.05, 3.63) is 53.5 Å². The highest BCUT2D eigenvalue weighted by molar-refractivity contribution is 6.11. The predicted octanol–water partition coefficient (Wildman–Crippen LogP) is 3.00. The van der Waals surface area contributed by atoms with Crippen molar-refractivity contribution >= 4 is 16.8 Å². The van der Waals surface area contributed by atoms with E-state index in [0.29, 0.717) is 47.5 Å². The Hall–Kier alpha value is -2.90. The van der Waals surface area contributed by atoms with Crippen LogP contribution in [-0.4, -0.2) is 42.0 Å². The van der Waals surface area contributed by atoms with Crippen LogP contribution in [0, 0.1) is 5.82 Å². The van der Waals surface area contributed by atoms with E-state index in [-0.39, 0.29) is 17.8 Å². The Morgan fingerprint density at radius 2 is 2.10 bits per heavy atom. The van der Waals surface area contributed by atoms with Crippen LogP contribution in [0.3, 0.4) is 0 Å². The Morgan fingerprint density at radius 3 is 2.86 bits per heavy atom. The van der Waals surface area contributed by atoms with Gasteiger partial charge in [0.15, 0.2) is 0 Å². The van der Waals surface area contributed by atoms with Gasteiger partial charge in [0.2, 0.25) is 0 Å². The molecule has 0 aliphatic carbocycles. The van der Waals surface area contributed by atoms with E-state index in [1.54, 1.807) is 18.1 Å². The fourth-order valence-electron chi connectivity index (χ4n) is 3.99. The molecule has 0 bridgehead atoms. The largest absolute Gasteiger partial charge is 0.497 e. The minimum atomic E-state index is -0.346. The van der Waals surface area contributed by atoms with Gasteiger partial charge in [0, 0.05) is 35.6 Å². The standard InChI is InChI=1S/C22H25FN4O2/c1-29-16-6-4-13-11-27(12-15(25)3-2-8-24)22(28)21-20(17(13)10-16)18-9-14(23)5-7-19(18)26-21/h4-7,9-10,15,26H,2-3,8,11-12,24-25H2,1H3/t15-/m0/s1. The summed E-state index contributed by atoms with van der Waals surface area (Å²) in [5, 5.41) is 0.678. The lowest BCUT2D eigenvalue weighted by Gasteiger charge is -2.25. The number of H-pyrrole nitrogens is 1. The van der Waals surface area contributed by atoms with Crippen LogP contribution in [0.1, 0.15) is 28.9 Å². The molecule has 0 spiro atoms. The maximum atomic E-state index is 14.0. The first-order valence-corrected chi connectivity index (χ1v) is 9.75. The first-order chi connectivity index (χ1) is 14.0. The number of aromatic amines is 1. The highest BCUT2D eigenvalue weighted by Gasteiger charge is 2.30. The molecule has 0 fully saturated rings. The highest BCUT2D eigenvalue weighted by atomic mass is 19.1. The van der Waals surface area contributed by atoms with E-state index < -0.39 is 0 Å². The number of amides is 1. The van der Waals surface area contributed by atoms with E-state index in [9.17, 15) is 9.18 Å². The molecular weight excluding hydrogens is 371 g/mol. The normalized spacial score (nSPS) is 14.5. The minimum absolute atomic E-state index is 0.144. The monoisotopic (exact) mass is 396 g/mol. The van der Waals surface area contributed by atoms with Gasteiger partial charge in [-0.1, -0.05) is 6.07 Å². The number of carbonyl (C=O) groups is 1. The summed E-state index contributed by atoms with van der Waals surface area (Å²) >= 11 is 0. The number of benzene rings is 2. The van der Waals surface area contributed by atoms with Gasteiger partial charge >= 0.3 is 0 Å². The molecule has 0 unspecified atom stereocenters. The summed E-state index contributed by atoms with van der Waals surface area (Å²) in [6, 6.07) is 10.1. The van der Waals surface area contributed by atoms with Crippen LogP contribution in [0.4, 0.5) is 4.39 Å². The van der Waals surface area contributed by atoms with Gasteiger partial charge in [0.1, 0.15) is 17.3 Å². The molecule has 5 N–H and O–H groups in total. The van der Waals surface area contributed by atoms with Gasteiger partial charge in [-0.25, -0.2) is 4.39 Å². The zero-order valence-electron chi connectivity index (χ0n) is 16.4. The van der Waals surface area contributed by atoms with Crippen molar-refractivity contribution in [1.82, 2.24) is 9.88 Å². The van der Waals surface area contributed by atoms with Crippen LogP contribution in [0.2, 0.25) is 0 Å². The summed E-state index contributed by atoms with van der Waals surface area (Å²) < 4.78 is 19.4. The predicted molar refractivity (Wildman–Crippen MR) is 111 cm³/mol. The van der Waals surface area contributed by atoms with E-state index in [0.717, 1.165) is 24.0 Å². The van der Waals surface area contributed by atoms with Crippen molar-refractivity contribution in [2.75, 3.05) is 20.2 Å². The summed E-state index contributed by atoms with van der Waals surface area (Å²) in [6.07, 6.45) is 1.56. The van der Waals surface area contributed by atoms with Crippen molar-refractivity contribution in [1.29, 1.82) is 0 Å². The van der Waals surface area contributed by atoms with E-state index in [2.05, 4.69) is 4.98 Å². The summed E-state index contributed by atoms with van der Waals surface area (Å²) in [5.41, 5.74) is 15.5. The molecule has 2 heterocycles. The van der Waals surface area contributed by atoms with E-state index >= 15 is 0 Å². The number of ether oxygens (including phenoxy) is 1. The average molecular weight is 396 g/mol. The third kappa shape index (κ3) is 3.59. The van der Waals surface area contributed by atoms with Crippen molar-refractivity contribution in [3.8, 4) is 16.9 Å². The number of fused-ring (bicyclic) bond motifs is 5. The smallest absolute Gasteiger partial charge is 0.271 e. The highest BCUT2D eigenvalue weighted by Crippen LogP contribution is 2.40. The SMILES string of the molecule is COc1ccc2c(c1)-c1c([nH]c3ccc(F)cc13)C(=O)N(C[C@@H](N)CCCN)C2. The molecule has 152 valence electrons. The van der Waals surface area contributed by atoms with Gasteiger partial charge in [-0.05, 0) is 60.8 Å². The molecule has 1 aromatic heterocycles. The number of carbonyl (C=O) groups excluding carboxylic acids is 1. The zero-order chi connectivity index (χ0) is 20.5. The van der Waals surface area contributed by atoms with Crippen molar-refractivity contribution in [3.63, 3.8) is 0 Å². The number of nitrogens with one attached hydrogen (secondary N) is 1. The molecule has 7 heteroatoms. The lowest BCUT2D eigenvalue weighted by atomic mass is 9.97. The maximum Gasteiger partial charge on any atom is 0.271 e. The van der Waals surface area contributed by atoms with Crippen LogP contribution < -0.4 is 16.2 Å². The average Bonchev–Trinajstić information content (AvgIpc) is 3.04. The molecule has 2 aromatic carbocycles. The van der Waals surface area contributed by atoms with Gasteiger partial charge in [0.25, 0.3) is 5.91 Å². The van der Waals surface area contributed by atoms with Gasteiger partial charge < -0.3 is 26.1 Å². The first-order valence-electron chi connectivity index (χ1n) is 9.75. The van der Waals surface area contributed by atoms with Crippen molar-refractivity contribution in [2.24, 2.45) is 11.5 Å². The Labute approximate surface area is 168 Å². The number of aromatic nitrogens is 1. The number of methoxy groups -OCH3 is 1. The van der Waals surface area contributed by atoms with Gasteiger partial charge in [0.05, 0.1) is 7.11 Å². The molecule has 3 aromatic rings. The lowest BCUT2D eigenvalue weighted by Crippen LogP contribution is -2.40. The Balaban J connectivity index is 1.86. The number of nitrogens with zero attached hydrogens (tertiary/aromatic N) is 1. The molecule has 1 atom stereocenters. The number of hydrogen-bond donors (Lipinski definition) is 3. The molecule has 1 aliphatic rings. The lowest BCUT2D eigenvalue weighted by molar-refractivity contribution is 0.0729. The Kier molecular flexibility index (Phi) is 5.25. The minimum Gasteiger partial charge on any atom is -0.497 e. The van der Waals surface area contributed by atoms with Crippen molar-refractivity contribution < 1.29 is 13.9 Å². The van der Waals surface area contributed by atoms with Crippen LogP contribution in [0.5, 0.6) is 5.75 Å². The quantitative estimate of drug-likeness (QED) is 0.597. The molecule has 4 rings (SSSR count). The number of halogens is 1. The topological polar surface area (TPSA) is 97.4 Å². The molecular formula is C22H25FN4O2. The second-order valence-electron chi connectivity index (χ2n) is 7.46. The van der Waals surface area contributed by atoms with Crippen LogP contribution in [-0.2, 0) is 6.54 Å². The molecule has 1 amide bonds. The summed E-state index contributed by atoms with van der Waals surface area (Å²) in [4.78, 5) is 18.4. The summed E-state index contributed by atoms with van der Waals surface area (Å²) in [7, 11) is 1.60. The Morgan fingerprint density at radius 1 is 1.28 bits per heavy atom. The second-order valence-corrected chi connectivity index (χ2v) is 7.46. The van der Waals surface area contributed by atoms with E-state index in [4.69, 9.17) is 16.2 Å². The van der Waals surface area contributed by atoms with Gasteiger partial charge in [-0.2, -0.15) is 0 Å². The van der Waals surface area contributed by atoms with Crippen LogP contribution in [0.25, 0.3) is 22.0 Å². The molecule has 0 saturated carbocycles. The fourth-order valence-corrected chi connectivity index (χ4v) is 3.99. The van der Waals surface area contributed by atoms with Crippen LogP contribution >= 0.6 is 0 Å². The van der Waals surface area contributed by atoms with Crippen LogP contribution in [0.15, 0.2) is 36.4 Å². The van der Waals surface area contributed by atoms with Crippen molar-refractivity contribution in [2.45, 2.75) is 25.4 Å². The third-order valence-electron chi connectivity index (χ3n) is 5.44. The third-order valence-corrected chi connectivity index (χ3v) is 5.44. The van der Waals surface area contributed by atoms with Gasteiger partial charge in [-0.3, -0.25) is 4.79 Å².